The zero-order chi connectivity index (χ0) is 19.6. The van der Waals surface area contributed by atoms with Crippen LogP contribution in [0.5, 0.6) is 11.5 Å². The fourth-order valence-corrected chi connectivity index (χ4v) is 2.95. The highest BCUT2D eigenvalue weighted by molar-refractivity contribution is 6.30. The second-order valence-electron chi connectivity index (χ2n) is 6.44. The molecule has 0 aliphatic carbocycles. The van der Waals surface area contributed by atoms with Crippen LogP contribution in [-0.4, -0.2) is 24.5 Å². The van der Waals surface area contributed by atoms with Crippen LogP contribution in [0.2, 0.25) is 5.02 Å². The molecule has 27 heavy (non-hydrogen) atoms. The molecule has 2 aromatic carbocycles. The third kappa shape index (κ3) is 4.49. The molecule has 0 bridgehead atoms. The number of carbonyl (C=O) groups excluding carboxylic acids is 2. The molecule has 2 aromatic rings. The van der Waals surface area contributed by atoms with Gasteiger partial charge < -0.3 is 14.2 Å². The number of hydrogen-bond acceptors (Lipinski definition) is 5. The zero-order valence-electron chi connectivity index (χ0n) is 15.2. The van der Waals surface area contributed by atoms with Crippen molar-refractivity contribution < 1.29 is 23.8 Å². The molecule has 3 rings (SSSR count). The summed E-state index contributed by atoms with van der Waals surface area (Å²) in [5.74, 6) is 0.394. The van der Waals surface area contributed by atoms with E-state index in [-0.39, 0.29) is 24.3 Å². The Labute approximate surface area is 162 Å². The Morgan fingerprint density at radius 2 is 2.04 bits per heavy atom. The summed E-state index contributed by atoms with van der Waals surface area (Å²) in [6.07, 6.45) is 1.44. The van der Waals surface area contributed by atoms with Crippen LogP contribution in [0.25, 0.3) is 6.08 Å². The van der Waals surface area contributed by atoms with E-state index in [2.05, 4.69) is 0 Å². The highest BCUT2D eigenvalue weighted by Gasteiger charge is 2.30. The maximum atomic E-state index is 12.7. The summed E-state index contributed by atoms with van der Waals surface area (Å²) in [4.78, 5) is 24.3. The number of aryl methyl sites for hydroxylation is 1. The van der Waals surface area contributed by atoms with Gasteiger partial charge in [-0.25, -0.2) is 4.79 Å². The summed E-state index contributed by atoms with van der Waals surface area (Å²) in [6, 6.07) is 10.4. The van der Waals surface area contributed by atoms with Crippen molar-refractivity contribution in [1.82, 2.24) is 0 Å². The van der Waals surface area contributed by atoms with E-state index in [1.165, 1.54) is 0 Å². The summed E-state index contributed by atoms with van der Waals surface area (Å²) in [7, 11) is 0. The van der Waals surface area contributed by atoms with E-state index >= 15 is 0 Å². The smallest absolute Gasteiger partial charge is 0.344 e. The van der Waals surface area contributed by atoms with Crippen LogP contribution < -0.4 is 9.47 Å². The fraction of sp³-hybridized carbons (Fsp3) is 0.238. The predicted molar refractivity (Wildman–Crippen MR) is 102 cm³/mol. The molecule has 6 heteroatoms. The third-order valence-corrected chi connectivity index (χ3v) is 4.05. The lowest BCUT2D eigenvalue weighted by molar-refractivity contribution is -0.149. The topological polar surface area (TPSA) is 61.8 Å². The van der Waals surface area contributed by atoms with Crippen molar-refractivity contribution in [2.24, 2.45) is 0 Å². The number of esters is 1. The Balaban J connectivity index is 1.80. The molecule has 140 valence electrons. The van der Waals surface area contributed by atoms with E-state index in [0.29, 0.717) is 27.6 Å². The Morgan fingerprint density at radius 3 is 2.74 bits per heavy atom. The number of benzene rings is 2. The molecule has 0 radical (unpaired) electrons. The first-order valence-corrected chi connectivity index (χ1v) is 8.88. The number of ketones is 1. The highest BCUT2D eigenvalue weighted by atomic mass is 35.5. The normalized spacial score (nSPS) is 14.3. The lowest BCUT2D eigenvalue weighted by Crippen LogP contribution is -2.18. The van der Waals surface area contributed by atoms with E-state index in [1.54, 1.807) is 57.2 Å². The van der Waals surface area contributed by atoms with E-state index in [4.69, 9.17) is 25.8 Å². The standard InChI is InChI=1S/C21H19ClO5/c1-12(2)26-19(23)11-25-16-7-13(3)20-17(10-16)27-18(21(20)24)9-14-5-4-6-15(22)8-14/h4-10,12H,11H2,1-3H3/b18-9-. The van der Waals surface area contributed by atoms with E-state index in [9.17, 15) is 9.59 Å². The molecule has 0 saturated heterocycles. The Bertz CT molecular complexity index is 930. The van der Waals surface area contributed by atoms with Crippen LogP contribution in [0.3, 0.4) is 0 Å². The number of allylic oxidation sites excluding steroid dienone is 1. The lowest BCUT2D eigenvalue weighted by Gasteiger charge is -2.10. The molecular weight excluding hydrogens is 368 g/mol. The van der Waals surface area contributed by atoms with Gasteiger partial charge in [0.1, 0.15) is 11.5 Å². The first-order chi connectivity index (χ1) is 12.8. The number of ether oxygens (including phenoxy) is 3. The molecule has 0 spiro atoms. The Kier molecular flexibility index (Phi) is 5.51. The molecule has 0 fully saturated rings. The average Bonchev–Trinajstić information content (AvgIpc) is 2.88. The van der Waals surface area contributed by atoms with Gasteiger partial charge in [0, 0.05) is 11.1 Å². The Morgan fingerprint density at radius 1 is 1.26 bits per heavy atom. The predicted octanol–water partition coefficient (Wildman–Crippen LogP) is 4.60. The molecule has 0 atom stereocenters. The van der Waals surface area contributed by atoms with Crippen LogP contribution in [0.4, 0.5) is 0 Å². The summed E-state index contributed by atoms with van der Waals surface area (Å²) < 4.78 is 16.2. The maximum absolute atomic E-state index is 12.7. The number of Topliss-reactive ketones (excluding diaryl/α,β-unsaturated/α-hetero) is 1. The van der Waals surface area contributed by atoms with Gasteiger partial charge in [-0.15, -0.1) is 0 Å². The van der Waals surface area contributed by atoms with Gasteiger partial charge in [0.2, 0.25) is 5.78 Å². The quantitative estimate of drug-likeness (QED) is 0.555. The zero-order valence-corrected chi connectivity index (χ0v) is 16.0. The number of carbonyl (C=O) groups is 2. The van der Waals surface area contributed by atoms with Crippen LogP contribution in [0, 0.1) is 6.92 Å². The van der Waals surface area contributed by atoms with Gasteiger partial charge in [-0.2, -0.15) is 0 Å². The summed E-state index contributed by atoms with van der Waals surface area (Å²) in [5.41, 5.74) is 1.96. The van der Waals surface area contributed by atoms with Crippen molar-refractivity contribution in [2.45, 2.75) is 26.9 Å². The van der Waals surface area contributed by atoms with Gasteiger partial charge in [-0.1, -0.05) is 23.7 Å². The molecule has 0 aromatic heterocycles. The van der Waals surface area contributed by atoms with Gasteiger partial charge >= 0.3 is 5.97 Å². The molecule has 5 nitrogen and oxygen atoms in total. The minimum Gasteiger partial charge on any atom is -0.482 e. The monoisotopic (exact) mass is 386 g/mol. The van der Waals surface area contributed by atoms with Gasteiger partial charge in [0.15, 0.2) is 12.4 Å². The molecule has 1 aliphatic rings. The van der Waals surface area contributed by atoms with Crippen molar-refractivity contribution in [1.29, 1.82) is 0 Å². The average molecular weight is 387 g/mol. The molecule has 1 heterocycles. The number of hydrogen-bond donors (Lipinski definition) is 0. The second kappa shape index (κ2) is 7.84. The van der Waals surface area contributed by atoms with Gasteiger partial charge in [0.25, 0.3) is 0 Å². The summed E-state index contributed by atoms with van der Waals surface area (Å²) in [5, 5.41) is 0.576. The maximum Gasteiger partial charge on any atom is 0.344 e. The SMILES string of the molecule is Cc1cc(OCC(=O)OC(C)C)cc2c1C(=O)/C(=C/c1cccc(Cl)c1)O2. The van der Waals surface area contributed by atoms with Gasteiger partial charge in [-0.05, 0) is 56.2 Å². The Hall–Kier alpha value is -2.79. The van der Waals surface area contributed by atoms with Crippen molar-refractivity contribution >= 4 is 29.4 Å². The fourth-order valence-electron chi connectivity index (χ4n) is 2.75. The van der Waals surface area contributed by atoms with Gasteiger partial charge in [0.05, 0.1) is 11.7 Å². The minimum atomic E-state index is -0.457. The number of halogens is 1. The van der Waals surface area contributed by atoms with E-state index in [0.717, 1.165) is 5.56 Å². The lowest BCUT2D eigenvalue weighted by atomic mass is 10.0. The van der Waals surface area contributed by atoms with E-state index in [1.807, 2.05) is 6.07 Å². The third-order valence-electron chi connectivity index (χ3n) is 3.81. The van der Waals surface area contributed by atoms with Crippen molar-refractivity contribution in [3.05, 3.63) is 63.9 Å². The van der Waals surface area contributed by atoms with Crippen molar-refractivity contribution in [3.8, 4) is 11.5 Å². The highest BCUT2D eigenvalue weighted by Crippen LogP contribution is 2.37. The van der Waals surface area contributed by atoms with Crippen LogP contribution in [0.1, 0.15) is 35.3 Å². The van der Waals surface area contributed by atoms with Crippen LogP contribution in [0.15, 0.2) is 42.2 Å². The molecular formula is C21H19ClO5. The first kappa shape index (κ1) is 19.0. The van der Waals surface area contributed by atoms with Crippen LogP contribution >= 0.6 is 11.6 Å². The number of fused-ring (bicyclic) bond motifs is 1. The van der Waals surface area contributed by atoms with E-state index < -0.39 is 5.97 Å². The summed E-state index contributed by atoms with van der Waals surface area (Å²) >= 11 is 5.98. The largest absolute Gasteiger partial charge is 0.482 e. The van der Waals surface area contributed by atoms with Gasteiger partial charge in [-0.3, -0.25) is 4.79 Å². The van der Waals surface area contributed by atoms with Crippen molar-refractivity contribution in [2.75, 3.05) is 6.61 Å². The summed E-state index contributed by atoms with van der Waals surface area (Å²) in [6.45, 7) is 5.12. The number of rotatable bonds is 5. The molecule has 0 unspecified atom stereocenters. The molecule has 0 amide bonds. The first-order valence-electron chi connectivity index (χ1n) is 8.50. The molecule has 0 saturated carbocycles. The van der Waals surface area contributed by atoms with Crippen molar-refractivity contribution in [3.63, 3.8) is 0 Å². The minimum absolute atomic E-state index is 0.201. The van der Waals surface area contributed by atoms with Crippen LogP contribution in [-0.2, 0) is 9.53 Å². The molecule has 1 aliphatic heterocycles. The molecule has 0 N–H and O–H groups in total. The second-order valence-corrected chi connectivity index (χ2v) is 6.87.